The van der Waals surface area contributed by atoms with Crippen molar-refractivity contribution in [2.45, 2.75) is 26.8 Å². The molecule has 7 nitrogen and oxygen atoms in total. The summed E-state index contributed by atoms with van der Waals surface area (Å²) in [5.74, 6) is -0.796. The summed E-state index contributed by atoms with van der Waals surface area (Å²) in [6.07, 6.45) is 0. The second kappa shape index (κ2) is 8.66. The zero-order valence-electron chi connectivity index (χ0n) is 14.9. The van der Waals surface area contributed by atoms with Gasteiger partial charge in [0.05, 0.1) is 18.2 Å². The number of allylic oxidation sites excluding steroid dienone is 1. The van der Waals surface area contributed by atoms with E-state index in [-0.39, 0.29) is 5.92 Å². The molecule has 1 heterocycles. The highest BCUT2D eigenvalue weighted by molar-refractivity contribution is 7.80. The maximum atomic E-state index is 12.6. The average molecular weight is 378 g/mol. The summed E-state index contributed by atoms with van der Waals surface area (Å²) >= 11 is 5.20. The van der Waals surface area contributed by atoms with Crippen LogP contribution in [0, 0.1) is 5.92 Å². The zero-order chi connectivity index (χ0) is 19.3. The molecule has 1 aliphatic rings. The Kier molecular flexibility index (Phi) is 6.57. The summed E-state index contributed by atoms with van der Waals surface area (Å²) in [6, 6.07) is 6.35. The van der Waals surface area contributed by atoms with Gasteiger partial charge in [0.15, 0.2) is 11.7 Å². The number of thiocarbonyl (C=S) groups is 1. The summed E-state index contributed by atoms with van der Waals surface area (Å²) in [5.41, 5.74) is 1.88. The van der Waals surface area contributed by atoms with Gasteiger partial charge in [-0.2, -0.15) is 0 Å². The van der Waals surface area contributed by atoms with Crippen LogP contribution in [0.3, 0.4) is 0 Å². The van der Waals surface area contributed by atoms with Crippen LogP contribution in [0.1, 0.15) is 32.4 Å². The van der Waals surface area contributed by atoms with E-state index in [4.69, 9.17) is 26.8 Å². The molecule has 0 saturated heterocycles. The predicted octanol–water partition coefficient (Wildman–Crippen LogP) is 2.14. The lowest BCUT2D eigenvalue weighted by atomic mass is 9.95. The lowest BCUT2D eigenvalue weighted by Gasteiger charge is -2.30. The lowest BCUT2D eigenvalue weighted by Crippen LogP contribution is -2.45. The number of carboxylic acids is 1. The van der Waals surface area contributed by atoms with Gasteiger partial charge in [-0.05, 0) is 42.8 Å². The number of hydrogen-bond acceptors (Lipinski definition) is 5. The second-order valence-corrected chi connectivity index (χ2v) is 6.72. The molecule has 0 aliphatic carbocycles. The summed E-state index contributed by atoms with van der Waals surface area (Å²) in [4.78, 5) is 23.1. The van der Waals surface area contributed by atoms with Gasteiger partial charge < -0.3 is 25.2 Å². The largest absolute Gasteiger partial charge is 0.482 e. The van der Waals surface area contributed by atoms with E-state index in [1.807, 2.05) is 13.8 Å². The molecule has 0 spiro atoms. The standard InChI is InChI=1S/C18H22N2O5S/c1-10(2)8-25-17(23)15-11(3)19-18(26)20-16(15)12-4-6-13(7-5-12)24-9-14(21)22/h4-7,10,16H,8-9H2,1-3H3,(H,21,22)(H2,19,20,26). The fourth-order valence-corrected chi connectivity index (χ4v) is 2.71. The Morgan fingerprint density at radius 2 is 1.92 bits per heavy atom. The number of carbonyl (C=O) groups excluding carboxylic acids is 1. The van der Waals surface area contributed by atoms with Crippen molar-refractivity contribution in [3.05, 3.63) is 41.1 Å². The number of ether oxygens (including phenoxy) is 2. The Hall–Kier alpha value is -2.61. The number of esters is 1. The molecule has 0 fully saturated rings. The number of aliphatic carboxylic acids is 1. The smallest absolute Gasteiger partial charge is 0.341 e. The van der Waals surface area contributed by atoms with E-state index in [0.717, 1.165) is 5.56 Å². The zero-order valence-corrected chi connectivity index (χ0v) is 15.7. The highest BCUT2D eigenvalue weighted by Gasteiger charge is 2.31. The van der Waals surface area contributed by atoms with Crippen LogP contribution in [-0.2, 0) is 14.3 Å². The van der Waals surface area contributed by atoms with Gasteiger partial charge in [0, 0.05) is 5.70 Å². The van der Waals surface area contributed by atoms with Crippen LogP contribution in [0.5, 0.6) is 5.75 Å². The van der Waals surface area contributed by atoms with Crippen molar-refractivity contribution in [2.24, 2.45) is 5.92 Å². The fourth-order valence-electron chi connectivity index (χ4n) is 2.44. The molecule has 0 radical (unpaired) electrons. The summed E-state index contributed by atoms with van der Waals surface area (Å²) in [6.45, 7) is 5.62. The van der Waals surface area contributed by atoms with Gasteiger partial charge in [-0.3, -0.25) is 0 Å². The third-order valence-electron chi connectivity index (χ3n) is 3.61. The van der Waals surface area contributed by atoms with Crippen LogP contribution in [0.4, 0.5) is 0 Å². The third kappa shape index (κ3) is 5.19. The Bertz CT molecular complexity index is 728. The first-order valence-corrected chi connectivity index (χ1v) is 8.58. The van der Waals surface area contributed by atoms with Crippen molar-refractivity contribution in [1.82, 2.24) is 10.6 Å². The number of hydrogen-bond donors (Lipinski definition) is 3. The van der Waals surface area contributed by atoms with Crippen LogP contribution < -0.4 is 15.4 Å². The van der Waals surface area contributed by atoms with Crippen molar-refractivity contribution in [3.8, 4) is 5.75 Å². The SMILES string of the molecule is CC1=C(C(=O)OCC(C)C)C(c2ccc(OCC(=O)O)cc2)NC(=S)N1. The fraction of sp³-hybridized carbons (Fsp3) is 0.389. The molecule has 1 aliphatic heterocycles. The van der Waals surface area contributed by atoms with Gasteiger partial charge in [-0.1, -0.05) is 26.0 Å². The Morgan fingerprint density at radius 3 is 2.50 bits per heavy atom. The maximum absolute atomic E-state index is 12.6. The summed E-state index contributed by atoms with van der Waals surface area (Å²) < 4.78 is 10.5. The van der Waals surface area contributed by atoms with Crippen molar-refractivity contribution in [2.75, 3.05) is 13.2 Å². The van der Waals surface area contributed by atoms with E-state index >= 15 is 0 Å². The molecule has 1 unspecified atom stereocenters. The van der Waals surface area contributed by atoms with E-state index in [2.05, 4.69) is 10.6 Å². The third-order valence-corrected chi connectivity index (χ3v) is 3.83. The van der Waals surface area contributed by atoms with E-state index in [9.17, 15) is 9.59 Å². The molecule has 1 aromatic carbocycles. The number of rotatable bonds is 7. The van der Waals surface area contributed by atoms with Crippen LogP contribution in [0.2, 0.25) is 0 Å². The molecule has 8 heteroatoms. The van der Waals surface area contributed by atoms with E-state index in [1.165, 1.54) is 0 Å². The number of carboxylic acid groups (broad SMARTS) is 1. The second-order valence-electron chi connectivity index (χ2n) is 6.31. The summed E-state index contributed by atoms with van der Waals surface area (Å²) in [5, 5.41) is 15.1. The highest BCUT2D eigenvalue weighted by atomic mass is 32.1. The molecule has 0 saturated carbocycles. The van der Waals surface area contributed by atoms with Crippen LogP contribution >= 0.6 is 12.2 Å². The van der Waals surface area contributed by atoms with Gasteiger partial charge in [-0.25, -0.2) is 9.59 Å². The molecule has 2 rings (SSSR count). The van der Waals surface area contributed by atoms with E-state index in [0.29, 0.717) is 28.7 Å². The number of carbonyl (C=O) groups is 2. The molecule has 0 aromatic heterocycles. The molecule has 3 N–H and O–H groups in total. The Balaban J connectivity index is 2.23. The number of nitrogens with one attached hydrogen (secondary N) is 2. The topological polar surface area (TPSA) is 96.9 Å². The molecular weight excluding hydrogens is 356 g/mol. The number of benzene rings is 1. The minimum atomic E-state index is -1.05. The van der Waals surface area contributed by atoms with Crippen LogP contribution in [0.15, 0.2) is 35.5 Å². The first-order chi connectivity index (χ1) is 12.3. The maximum Gasteiger partial charge on any atom is 0.341 e. The minimum absolute atomic E-state index is 0.231. The van der Waals surface area contributed by atoms with Gasteiger partial charge in [0.25, 0.3) is 0 Å². The highest BCUT2D eigenvalue weighted by Crippen LogP contribution is 2.29. The van der Waals surface area contributed by atoms with Crippen molar-refractivity contribution in [3.63, 3.8) is 0 Å². The lowest BCUT2D eigenvalue weighted by molar-refractivity contribution is -0.141. The van der Waals surface area contributed by atoms with E-state index in [1.54, 1.807) is 31.2 Å². The molecular formula is C18H22N2O5S. The van der Waals surface area contributed by atoms with E-state index < -0.39 is 24.6 Å². The van der Waals surface area contributed by atoms with Crippen LogP contribution in [0.25, 0.3) is 0 Å². The predicted molar refractivity (Wildman–Crippen MR) is 99.7 cm³/mol. The Labute approximate surface area is 157 Å². The van der Waals surface area contributed by atoms with Crippen molar-refractivity contribution < 1.29 is 24.2 Å². The van der Waals surface area contributed by atoms with Gasteiger partial charge >= 0.3 is 11.9 Å². The molecule has 140 valence electrons. The molecule has 0 bridgehead atoms. The van der Waals surface area contributed by atoms with Crippen molar-refractivity contribution >= 4 is 29.3 Å². The quantitative estimate of drug-likeness (QED) is 0.491. The molecule has 1 atom stereocenters. The normalized spacial score (nSPS) is 16.8. The average Bonchev–Trinajstić information content (AvgIpc) is 2.57. The first kappa shape index (κ1) is 19.7. The molecule has 26 heavy (non-hydrogen) atoms. The van der Waals surface area contributed by atoms with Crippen LogP contribution in [-0.4, -0.2) is 35.4 Å². The minimum Gasteiger partial charge on any atom is -0.482 e. The molecule has 1 aromatic rings. The summed E-state index contributed by atoms with van der Waals surface area (Å²) in [7, 11) is 0. The molecule has 0 amide bonds. The van der Waals surface area contributed by atoms with Gasteiger partial charge in [-0.15, -0.1) is 0 Å². The van der Waals surface area contributed by atoms with Gasteiger partial charge in [0.2, 0.25) is 0 Å². The monoisotopic (exact) mass is 378 g/mol. The van der Waals surface area contributed by atoms with Crippen molar-refractivity contribution in [1.29, 1.82) is 0 Å². The first-order valence-electron chi connectivity index (χ1n) is 8.18. The van der Waals surface area contributed by atoms with Gasteiger partial charge in [0.1, 0.15) is 5.75 Å². The Morgan fingerprint density at radius 1 is 1.27 bits per heavy atom.